The van der Waals surface area contributed by atoms with Crippen LogP contribution in [-0.2, 0) is 9.59 Å². The molecule has 5 heteroatoms. The summed E-state index contributed by atoms with van der Waals surface area (Å²) in [6.07, 6.45) is 5.59. The number of carbonyl (C=O) groups is 2. The van der Waals surface area contributed by atoms with Crippen molar-refractivity contribution in [1.82, 2.24) is 4.90 Å². The van der Waals surface area contributed by atoms with Crippen molar-refractivity contribution in [2.75, 3.05) is 13.2 Å². The summed E-state index contributed by atoms with van der Waals surface area (Å²) in [6, 6.07) is 7.52. The average molecular weight is 316 g/mol. The maximum Gasteiger partial charge on any atom is 0.255 e. The Hall–Kier alpha value is -2.30. The fraction of sp³-hybridized carbons (Fsp3) is 0.444. The average Bonchev–Trinajstić information content (AvgIpc) is 3.01. The van der Waals surface area contributed by atoms with Crippen molar-refractivity contribution >= 4 is 17.9 Å². The molecule has 1 aromatic carbocycles. The molecule has 1 atom stereocenters. The fourth-order valence-corrected chi connectivity index (χ4v) is 2.85. The van der Waals surface area contributed by atoms with E-state index in [-0.39, 0.29) is 12.5 Å². The molecular formula is C18H24N2O3. The molecule has 0 unspecified atom stereocenters. The van der Waals surface area contributed by atoms with Gasteiger partial charge in [-0.25, -0.2) is 0 Å². The molecule has 2 rings (SSSR count). The Morgan fingerprint density at radius 2 is 2.04 bits per heavy atom. The van der Waals surface area contributed by atoms with Gasteiger partial charge in [-0.1, -0.05) is 26.0 Å². The largest absolute Gasteiger partial charge is 0.484 e. The standard InChI is InChI=1S/C18H24N2O3/c1-13(2)16-4-3-11-20(16)18(22)10-7-14-5-8-15(9-6-14)23-12-17(19)21/h5-10,13,16H,3-4,11-12H2,1-2H3,(H2,19,21)/b10-7+/t16-/m1/s1. The molecule has 2 amide bonds. The molecule has 1 fully saturated rings. The Morgan fingerprint density at radius 3 is 2.65 bits per heavy atom. The van der Waals surface area contributed by atoms with Gasteiger partial charge in [0.1, 0.15) is 5.75 Å². The number of ether oxygens (including phenoxy) is 1. The zero-order valence-electron chi connectivity index (χ0n) is 13.7. The van der Waals surface area contributed by atoms with E-state index in [0.29, 0.717) is 17.7 Å². The van der Waals surface area contributed by atoms with E-state index in [9.17, 15) is 9.59 Å². The van der Waals surface area contributed by atoms with Crippen molar-refractivity contribution in [3.63, 3.8) is 0 Å². The van der Waals surface area contributed by atoms with Gasteiger partial charge in [0.25, 0.3) is 5.91 Å². The Labute approximate surface area is 137 Å². The predicted octanol–water partition coefficient (Wildman–Crippen LogP) is 2.21. The first-order chi connectivity index (χ1) is 11.0. The van der Waals surface area contributed by atoms with Crippen LogP contribution in [0, 0.1) is 5.92 Å². The van der Waals surface area contributed by atoms with Gasteiger partial charge in [0.05, 0.1) is 0 Å². The highest BCUT2D eigenvalue weighted by Gasteiger charge is 2.29. The number of nitrogens with zero attached hydrogens (tertiary/aromatic N) is 1. The van der Waals surface area contributed by atoms with Gasteiger partial charge in [0, 0.05) is 18.7 Å². The van der Waals surface area contributed by atoms with Gasteiger partial charge in [0.15, 0.2) is 6.61 Å². The first-order valence-electron chi connectivity index (χ1n) is 7.97. The van der Waals surface area contributed by atoms with E-state index in [1.807, 2.05) is 17.0 Å². The van der Waals surface area contributed by atoms with E-state index in [1.54, 1.807) is 24.3 Å². The molecule has 1 aliphatic heterocycles. The van der Waals surface area contributed by atoms with Gasteiger partial charge >= 0.3 is 0 Å². The lowest BCUT2D eigenvalue weighted by Gasteiger charge is -2.26. The topological polar surface area (TPSA) is 72.6 Å². The second kappa shape index (κ2) is 7.81. The van der Waals surface area contributed by atoms with Gasteiger partial charge < -0.3 is 15.4 Å². The number of likely N-dealkylation sites (tertiary alicyclic amines) is 1. The quantitative estimate of drug-likeness (QED) is 0.818. The van der Waals surface area contributed by atoms with Crippen LogP contribution in [0.5, 0.6) is 5.75 Å². The highest BCUT2D eigenvalue weighted by atomic mass is 16.5. The summed E-state index contributed by atoms with van der Waals surface area (Å²) in [4.78, 5) is 25.0. The van der Waals surface area contributed by atoms with Crippen molar-refractivity contribution in [1.29, 1.82) is 0 Å². The van der Waals surface area contributed by atoms with Crippen LogP contribution in [0.2, 0.25) is 0 Å². The number of primary amides is 1. The van der Waals surface area contributed by atoms with Crippen LogP contribution in [0.15, 0.2) is 30.3 Å². The van der Waals surface area contributed by atoms with Gasteiger partial charge in [0.2, 0.25) is 5.91 Å². The molecule has 0 bridgehead atoms. The van der Waals surface area contributed by atoms with E-state index in [0.717, 1.165) is 24.9 Å². The molecule has 0 saturated carbocycles. The van der Waals surface area contributed by atoms with Crippen molar-refractivity contribution < 1.29 is 14.3 Å². The molecule has 0 radical (unpaired) electrons. The molecule has 0 aromatic heterocycles. The minimum Gasteiger partial charge on any atom is -0.484 e. The molecule has 1 heterocycles. The molecule has 2 N–H and O–H groups in total. The minimum absolute atomic E-state index is 0.0651. The number of hydrogen-bond donors (Lipinski definition) is 1. The number of benzene rings is 1. The second-order valence-electron chi connectivity index (χ2n) is 6.14. The lowest BCUT2D eigenvalue weighted by molar-refractivity contribution is -0.127. The van der Waals surface area contributed by atoms with Crippen molar-refractivity contribution in [3.05, 3.63) is 35.9 Å². The van der Waals surface area contributed by atoms with Crippen LogP contribution in [-0.4, -0.2) is 35.9 Å². The van der Waals surface area contributed by atoms with Crippen molar-refractivity contribution in [3.8, 4) is 5.75 Å². The number of carbonyl (C=O) groups excluding carboxylic acids is 2. The summed E-state index contributed by atoms with van der Waals surface area (Å²) < 4.78 is 5.20. The van der Waals surface area contributed by atoms with Crippen molar-refractivity contribution in [2.45, 2.75) is 32.7 Å². The second-order valence-corrected chi connectivity index (χ2v) is 6.14. The Kier molecular flexibility index (Phi) is 5.79. The molecule has 1 saturated heterocycles. The van der Waals surface area contributed by atoms with Crippen molar-refractivity contribution in [2.24, 2.45) is 11.7 Å². The predicted molar refractivity (Wildman–Crippen MR) is 89.7 cm³/mol. The van der Waals surface area contributed by atoms with Crippen LogP contribution in [0.4, 0.5) is 0 Å². The van der Waals surface area contributed by atoms with Gasteiger partial charge in [-0.3, -0.25) is 9.59 Å². The molecule has 0 aliphatic carbocycles. The number of hydrogen-bond acceptors (Lipinski definition) is 3. The molecule has 0 spiro atoms. The highest BCUT2D eigenvalue weighted by Crippen LogP contribution is 2.24. The Balaban J connectivity index is 1.94. The lowest BCUT2D eigenvalue weighted by Crippen LogP contribution is -2.37. The molecule has 5 nitrogen and oxygen atoms in total. The van der Waals surface area contributed by atoms with E-state index < -0.39 is 5.91 Å². The SMILES string of the molecule is CC(C)[C@H]1CCCN1C(=O)/C=C/c1ccc(OCC(N)=O)cc1. The Bertz CT molecular complexity index is 578. The van der Waals surface area contributed by atoms with Gasteiger partial charge in [-0.2, -0.15) is 0 Å². The lowest BCUT2D eigenvalue weighted by atomic mass is 10.0. The van der Waals surface area contributed by atoms with E-state index in [2.05, 4.69) is 13.8 Å². The smallest absolute Gasteiger partial charge is 0.255 e. The van der Waals surface area contributed by atoms with Crippen LogP contribution in [0.3, 0.4) is 0 Å². The maximum atomic E-state index is 12.3. The maximum absolute atomic E-state index is 12.3. The molecule has 1 aromatic rings. The normalized spacial score (nSPS) is 17.9. The first-order valence-corrected chi connectivity index (χ1v) is 7.97. The van der Waals surface area contributed by atoms with E-state index >= 15 is 0 Å². The monoisotopic (exact) mass is 316 g/mol. The number of rotatable bonds is 6. The summed E-state index contributed by atoms with van der Waals surface area (Å²) >= 11 is 0. The minimum atomic E-state index is -0.509. The summed E-state index contributed by atoms with van der Waals surface area (Å²) in [5.74, 6) is 0.614. The number of nitrogens with two attached hydrogens (primary N) is 1. The third kappa shape index (κ3) is 4.84. The highest BCUT2D eigenvalue weighted by molar-refractivity contribution is 5.92. The third-order valence-electron chi connectivity index (χ3n) is 4.03. The van der Waals surface area contributed by atoms with Crippen LogP contribution in [0.1, 0.15) is 32.3 Å². The molecular weight excluding hydrogens is 292 g/mol. The summed E-state index contributed by atoms with van der Waals surface area (Å²) in [6.45, 7) is 5.01. The molecule has 23 heavy (non-hydrogen) atoms. The molecule has 1 aliphatic rings. The van der Waals surface area contributed by atoms with E-state index in [1.165, 1.54) is 0 Å². The van der Waals surface area contributed by atoms with Crippen LogP contribution >= 0.6 is 0 Å². The zero-order valence-corrected chi connectivity index (χ0v) is 13.7. The van der Waals surface area contributed by atoms with Gasteiger partial charge in [-0.15, -0.1) is 0 Å². The summed E-state index contributed by atoms with van der Waals surface area (Å²) in [5.41, 5.74) is 5.93. The summed E-state index contributed by atoms with van der Waals surface area (Å²) in [5, 5.41) is 0. The zero-order chi connectivity index (χ0) is 16.8. The van der Waals surface area contributed by atoms with Gasteiger partial charge in [-0.05, 0) is 42.5 Å². The summed E-state index contributed by atoms with van der Waals surface area (Å²) in [7, 11) is 0. The first kappa shape index (κ1) is 17.1. The number of amides is 2. The molecule has 124 valence electrons. The van der Waals surface area contributed by atoms with E-state index in [4.69, 9.17) is 10.5 Å². The van der Waals surface area contributed by atoms with Crippen LogP contribution in [0.25, 0.3) is 6.08 Å². The third-order valence-corrected chi connectivity index (χ3v) is 4.03. The fourth-order valence-electron chi connectivity index (χ4n) is 2.85. The Morgan fingerprint density at radius 1 is 1.35 bits per heavy atom. The van der Waals surface area contributed by atoms with Crippen LogP contribution < -0.4 is 10.5 Å².